The molecule has 0 unspecified atom stereocenters. The van der Waals surface area contributed by atoms with E-state index in [-0.39, 0.29) is 0 Å². The highest BCUT2D eigenvalue weighted by molar-refractivity contribution is 7.92. The topological polar surface area (TPSA) is 70.2 Å². The van der Waals surface area contributed by atoms with E-state index in [9.17, 15) is 8.42 Å². The number of rotatable bonds is 5. The second-order valence-electron chi connectivity index (χ2n) is 5.03. The summed E-state index contributed by atoms with van der Waals surface area (Å²) in [6, 6.07) is 7.37. The molecular formula is C13H21N3O2S. The van der Waals surface area contributed by atoms with E-state index in [2.05, 4.69) is 15.4 Å². The number of anilines is 2. The summed E-state index contributed by atoms with van der Waals surface area (Å²) in [5, 5.41) is 6.72. The number of nitrogens with one attached hydrogen (secondary N) is 3. The van der Waals surface area contributed by atoms with Crippen LogP contribution in [0, 0.1) is 5.92 Å². The van der Waals surface area contributed by atoms with Gasteiger partial charge in [-0.1, -0.05) is 6.07 Å². The Morgan fingerprint density at radius 2 is 1.95 bits per heavy atom. The van der Waals surface area contributed by atoms with Gasteiger partial charge in [-0.15, -0.1) is 0 Å². The van der Waals surface area contributed by atoms with Crippen molar-refractivity contribution in [1.29, 1.82) is 0 Å². The molecule has 1 fully saturated rings. The van der Waals surface area contributed by atoms with Crippen molar-refractivity contribution in [2.75, 3.05) is 35.9 Å². The second kappa shape index (κ2) is 6.25. The molecule has 0 aliphatic carbocycles. The van der Waals surface area contributed by atoms with Gasteiger partial charge in [0.1, 0.15) is 0 Å². The highest BCUT2D eigenvalue weighted by atomic mass is 32.2. The van der Waals surface area contributed by atoms with Gasteiger partial charge in [-0.3, -0.25) is 4.72 Å². The van der Waals surface area contributed by atoms with Crippen molar-refractivity contribution in [2.45, 2.75) is 12.8 Å². The maximum Gasteiger partial charge on any atom is 0.229 e. The molecule has 0 amide bonds. The van der Waals surface area contributed by atoms with E-state index < -0.39 is 10.0 Å². The summed E-state index contributed by atoms with van der Waals surface area (Å²) in [5.41, 5.74) is 1.55. The van der Waals surface area contributed by atoms with Gasteiger partial charge in [-0.05, 0) is 50.0 Å². The van der Waals surface area contributed by atoms with Gasteiger partial charge in [-0.2, -0.15) is 0 Å². The van der Waals surface area contributed by atoms with Gasteiger partial charge in [-0.25, -0.2) is 8.42 Å². The average molecular weight is 283 g/mol. The van der Waals surface area contributed by atoms with Gasteiger partial charge >= 0.3 is 0 Å². The first-order valence-corrected chi connectivity index (χ1v) is 8.44. The molecule has 0 radical (unpaired) electrons. The monoisotopic (exact) mass is 283 g/mol. The molecule has 3 N–H and O–H groups in total. The van der Waals surface area contributed by atoms with Gasteiger partial charge in [0.2, 0.25) is 10.0 Å². The smallest absolute Gasteiger partial charge is 0.229 e. The van der Waals surface area contributed by atoms with Crippen LogP contribution in [0.2, 0.25) is 0 Å². The van der Waals surface area contributed by atoms with E-state index >= 15 is 0 Å². The van der Waals surface area contributed by atoms with Crippen LogP contribution in [0.25, 0.3) is 0 Å². The van der Waals surface area contributed by atoms with E-state index in [0.29, 0.717) is 11.6 Å². The van der Waals surface area contributed by atoms with Crippen molar-refractivity contribution >= 4 is 21.4 Å². The Balaban J connectivity index is 1.91. The maximum absolute atomic E-state index is 11.2. The fourth-order valence-corrected chi connectivity index (χ4v) is 2.81. The van der Waals surface area contributed by atoms with Crippen molar-refractivity contribution in [1.82, 2.24) is 5.32 Å². The van der Waals surface area contributed by atoms with Crippen LogP contribution < -0.4 is 15.4 Å². The Morgan fingerprint density at radius 3 is 2.63 bits per heavy atom. The zero-order chi connectivity index (χ0) is 13.7. The molecule has 19 heavy (non-hydrogen) atoms. The Hall–Kier alpha value is -1.27. The van der Waals surface area contributed by atoms with Crippen molar-refractivity contribution in [2.24, 2.45) is 5.92 Å². The minimum atomic E-state index is -3.22. The number of piperidine rings is 1. The van der Waals surface area contributed by atoms with Crippen molar-refractivity contribution < 1.29 is 8.42 Å². The zero-order valence-corrected chi connectivity index (χ0v) is 12.0. The summed E-state index contributed by atoms with van der Waals surface area (Å²) < 4.78 is 24.8. The maximum atomic E-state index is 11.2. The molecule has 1 saturated heterocycles. The molecule has 0 atom stereocenters. The lowest BCUT2D eigenvalue weighted by molar-refractivity contribution is 0.390. The van der Waals surface area contributed by atoms with Crippen LogP contribution in [0.1, 0.15) is 12.8 Å². The van der Waals surface area contributed by atoms with Crippen LogP contribution in [0.4, 0.5) is 11.4 Å². The first kappa shape index (κ1) is 14.1. The minimum Gasteiger partial charge on any atom is -0.385 e. The molecule has 0 saturated carbocycles. The molecule has 6 heteroatoms. The van der Waals surface area contributed by atoms with Crippen LogP contribution in [0.5, 0.6) is 0 Å². The van der Waals surface area contributed by atoms with E-state index in [0.717, 1.165) is 31.6 Å². The van der Waals surface area contributed by atoms with Crippen LogP contribution in [-0.2, 0) is 10.0 Å². The van der Waals surface area contributed by atoms with Gasteiger partial charge in [0.05, 0.1) is 11.9 Å². The molecule has 1 aliphatic rings. The SMILES string of the molecule is CS(=O)(=O)Nc1cccc(NCC2CCNCC2)c1. The molecule has 5 nitrogen and oxygen atoms in total. The van der Waals surface area contributed by atoms with Crippen LogP contribution in [0.15, 0.2) is 24.3 Å². The highest BCUT2D eigenvalue weighted by Crippen LogP contribution is 2.18. The number of benzene rings is 1. The standard InChI is InChI=1S/C13H21N3O2S/c1-19(17,18)16-13-4-2-3-12(9-13)15-10-11-5-7-14-8-6-11/h2-4,9,11,14-16H,5-8,10H2,1H3. The van der Waals surface area contributed by atoms with E-state index in [1.54, 1.807) is 6.07 Å². The Morgan fingerprint density at radius 1 is 1.26 bits per heavy atom. The molecule has 106 valence electrons. The normalized spacial score (nSPS) is 17.1. The van der Waals surface area contributed by atoms with Gasteiger partial charge < -0.3 is 10.6 Å². The number of hydrogen-bond donors (Lipinski definition) is 3. The number of sulfonamides is 1. The molecule has 1 heterocycles. The average Bonchev–Trinajstić information content (AvgIpc) is 2.36. The van der Waals surface area contributed by atoms with E-state index in [1.165, 1.54) is 12.8 Å². The molecule has 0 bridgehead atoms. The lowest BCUT2D eigenvalue weighted by Crippen LogP contribution is -2.31. The highest BCUT2D eigenvalue weighted by Gasteiger charge is 2.12. The van der Waals surface area contributed by atoms with Crippen molar-refractivity contribution in [3.05, 3.63) is 24.3 Å². The van der Waals surface area contributed by atoms with Gasteiger partial charge in [0.15, 0.2) is 0 Å². The van der Waals surface area contributed by atoms with Crippen molar-refractivity contribution in [3.8, 4) is 0 Å². The Kier molecular flexibility index (Phi) is 4.66. The largest absolute Gasteiger partial charge is 0.385 e. The molecule has 1 aliphatic heterocycles. The van der Waals surface area contributed by atoms with Gasteiger partial charge in [0, 0.05) is 12.2 Å². The third-order valence-corrected chi connectivity index (χ3v) is 3.83. The first-order chi connectivity index (χ1) is 9.03. The second-order valence-corrected chi connectivity index (χ2v) is 6.78. The lowest BCUT2D eigenvalue weighted by atomic mass is 9.98. The first-order valence-electron chi connectivity index (χ1n) is 6.55. The van der Waals surface area contributed by atoms with Crippen LogP contribution >= 0.6 is 0 Å². The molecule has 2 rings (SSSR count). The van der Waals surface area contributed by atoms with Gasteiger partial charge in [0.25, 0.3) is 0 Å². The predicted molar refractivity (Wildman–Crippen MR) is 79.0 cm³/mol. The molecule has 1 aromatic carbocycles. The van der Waals surface area contributed by atoms with Crippen LogP contribution in [-0.4, -0.2) is 34.3 Å². The third-order valence-electron chi connectivity index (χ3n) is 3.22. The molecule has 1 aromatic rings. The summed E-state index contributed by atoms with van der Waals surface area (Å²) in [4.78, 5) is 0. The zero-order valence-electron chi connectivity index (χ0n) is 11.1. The fourth-order valence-electron chi connectivity index (χ4n) is 2.25. The quantitative estimate of drug-likeness (QED) is 0.765. The third kappa shape index (κ3) is 5.08. The number of hydrogen-bond acceptors (Lipinski definition) is 4. The molecule has 0 aromatic heterocycles. The van der Waals surface area contributed by atoms with Crippen molar-refractivity contribution in [3.63, 3.8) is 0 Å². The Bertz CT molecular complexity index is 510. The minimum absolute atomic E-state index is 0.595. The Labute approximate surface area is 114 Å². The summed E-state index contributed by atoms with van der Waals surface area (Å²) in [6.07, 6.45) is 3.53. The predicted octanol–water partition coefficient (Wildman–Crippen LogP) is 1.47. The molecule has 0 spiro atoms. The summed E-state index contributed by atoms with van der Waals surface area (Å²) in [5.74, 6) is 0.688. The van der Waals surface area contributed by atoms with E-state index in [1.807, 2.05) is 18.2 Å². The summed E-state index contributed by atoms with van der Waals surface area (Å²) in [6.45, 7) is 3.11. The summed E-state index contributed by atoms with van der Waals surface area (Å²) in [7, 11) is -3.22. The summed E-state index contributed by atoms with van der Waals surface area (Å²) >= 11 is 0. The van der Waals surface area contributed by atoms with E-state index in [4.69, 9.17) is 0 Å². The van der Waals surface area contributed by atoms with Crippen LogP contribution in [0.3, 0.4) is 0 Å². The fraction of sp³-hybridized carbons (Fsp3) is 0.538. The molecular weight excluding hydrogens is 262 g/mol. The lowest BCUT2D eigenvalue weighted by Gasteiger charge is -2.23.